The predicted octanol–water partition coefficient (Wildman–Crippen LogP) is 1.88. The lowest BCUT2D eigenvalue weighted by Crippen LogP contribution is -2.22. The molecule has 2 aromatic heterocycles. The van der Waals surface area contributed by atoms with Gasteiger partial charge in [-0.2, -0.15) is 5.21 Å². The molecule has 0 saturated carbocycles. The van der Waals surface area contributed by atoms with E-state index in [1.807, 2.05) is 16.8 Å². The van der Waals surface area contributed by atoms with Gasteiger partial charge in [0.15, 0.2) is 5.82 Å². The van der Waals surface area contributed by atoms with Crippen LogP contribution >= 0.6 is 0 Å². The number of imidazole rings is 1. The van der Waals surface area contributed by atoms with Gasteiger partial charge in [0, 0.05) is 27.1 Å². The van der Waals surface area contributed by atoms with E-state index in [1.165, 1.54) is 0 Å². The van der Waals surface area contributed by atoms with Crippen LogP contribution in [-0.2, 0) is 11.5 Å². The van der Waals surface area contributed by atoms with Crippen LogP contribution < -0.4 is 0 Å². The zero-order valence-electron chi connectivity index (χ0n) is 12.1. The SMILES string of the molecule is C[Si](C)(C)CCOCn1ccnc1/C=C/c1nn[nH]n1. The number of hydrogen-bond acceptors (Lipinski definition) is 5. The molecule has 108 valence electrons. The fourth-order valence-electron chi connectivity index (χ4n) is 1.52. The highest BCUT2D eigenvalue weighted by atomic mass is 28.3. The Labute approximate surface area is 119 Å². The van der Waals surface area contributed by atoms with Crippen LogP contribution in [0.25, 0.3) is 12.2 Å². The third kappa shape index (κ3) is 4.70. The van der Waals surface area contributed by atoms with Gasteiger partial charge in [-0.1, -0.05) is 19.6 Å². The smallest absolute Gasteiger partial charge is 0.197 e. The minimum absolute atomic E-state index is 0.510. The summed E-state index contributed by atoms with van der Waals surface area (Å²) in [5, 5.41) is 13.6. The number of ether oxygens (including phenoxy) is 1. The van der Waals surface area contributed by atoms with Crippen LogP contribution in [0.4, 0.5) is 0 Å². The molecular formula is C12H20N6OSi. The van der Waals surface area contributed by atoms with E-state index in [9.17, 15) is 0 Å². The Morgan fingerprint density at radius 2 is 2.20 bits per heavy atom. The Morgan fingerprint density at radius 3 is 2.90 bits per heavy atom. The number of H-pyrrole nitrogens is 1. The van der Waals surface area contributed by atoms with Crippen molar-refractivity contribution >= 4 is 20.2 Å². The highest BCUT2D eigenvalue weighted by molar-refractivity contribution is 6.76. The molecule has 0 radical (unpaired) electrons. The number of hydrogen-bond donors (Lipinski definition) is 1. The molecule has 0 aliphatic rings. The Bertz CT molecular complexity index is 543. The summed E-state index contributed by atoms with van der Waals surface area (Å²) in [5.41, 5.74) is 0. The molecule has 20 heavy (non-hydrogen) atoms. The van der Waals surface area contributed by atoms with E-state index in [2.05, 4.69) is 45.2 Å². The van der Waals surface area contributed by atoms with Crippen molar-refractivity contribution in [3.05, 3.63) is 24.0 Å². The first-order chi connectivity index (χ1) is 9.54. The summed E-state index contributed by atoms with van der Waals surface area (Å²) >= 11 is 0. The molecule has 2 rings (SSSR count). The molecule has 2 heterocycles. The molecule has 7 nitrogen and oxygen atoms in total. The predicted molar refractivity (Wildman–Crippen MR) is 79.4 cm³/mol. The fraction of sp³-hybridized carbons (Fsp3) is 0.500. The molecule has 0 aliphatic heterocycles. The van der Waals surface area contributed by atoms with Crippen LogP contribution in [0.15, 0.2) is 12.4 Å². The van der Waals surface area contributed by atoms with Crippen LogP contribution in [0.3, 0.4) is 0 Å². The maximum atomic E-state index is 5.71. The molecule has 1 N–H and O–H groups in total. The molecule has 0 aliphatic carbocycles. The fourth-order valence-corrected chi connectivity index (χ4v) is 2.28. The Kier molecular flexibility index (Phi) is 4.80. The van der Waals surface area contributed by atoms with Gasteiger partial charge in [0.25, 0.3) is 0 Å². The van der Waals surface area contributed by atoms with Crippen LogP contribution in [0.2, 0.25) is 25.7 Å². The molecule has 0 bridgehead atoms. The normalized spacial score (nSPS) is 12.3. The lowest BCUT2D eigenvalue weighted by atomic mass is 10.4. The zero-order chi connectivity index (χ0) is 14.4. The minimum Gasteiger partial charge on any atom is -0.361 e. The van der Waals surface area contributed by atoms with Gasteiger partial charge in [-0.15, -0.1) is 10.2 Å². The summed E-state index contributed by atoms with van der Waals surface area (Å²) < 4.78 is 7.65. The van der Waals surface area contributed by atoms with Crippen LogP contribution in [0.1, 0.15) is 11.6 Å². The number of tetrazole rings is 1. The standard InChI is InChI=1S/C12H20N6OSi/c1-20(2,3)9-8-19-10-18-7-6-13-12(18)5-4-11-14-16-17-15-11/h4-7H,8-10H2,1-3H3,(H,14,15,16,17)/b5-4+. The van der Waals surface area contributed by atoms with E-state index in [0.29, 0.717) is 12.6 Å². The highest BCUT2D eigenvalue weighted by Gasteiger charge is 2.12. The van der Waals surface area contributed by atoms with Crippen molar-refractivity contribution < 1.29 is 4.74 Å². The molecule has 8 heteroatoms. The zero-order valence-corrected chi connectivity index (χ0v) is 13.1. The summed E-state index contributed by atoms with van der Waals surface area (Å²) in [4.78, 5) is 4.26. The van der Waals surface area contributed by atoms with Crippen molar-refractivity contribution in [2.24, 2.45) is 0 Å². The molecular weight excluding hydrogens is 272 g/mol. The van der Waals surface area contributed by atoms with E-state index in [0.717, 1.165) is 18.5 Å². The van der Waals surface area contributed by atoms with Crippen molar-refractivity contribution in [3.63, 3.8) is 0 Å². The second-order valence-corrected chi connectivity index (χ2v) is 11.3. The van der Waals surface area contributed by atoms with Gasteiger partial charge in [0.2, 0.25) is 0 Å². The molecule has 2 aromatic rings. The summed E-state index contributed by atoms with van der Waals surface area (Å²) in [6.45, 7) is 8.32. The lowest BCUT2D eigenvalue weighted by Gasteiger charge is -2.15. The maximum absolute atomic E-state index is 5.71. The van der Waals surface area contributed by atoms with Gasteiger partial charge in [-0.25, -0.2) is 4.98 Å². The van der Waals surface area contributed by atoms with Crippen LogP contribution in [0.5, 0.6) is 0 Å². The van der Waals surface area contributed by atoms with E-state index in [4.69, 9.17) is 4.74 Å². The van der Waals surface area contributed by atoms with Crippen molar-refractivity contribution in [2.45, 2.75) is 32.4 Å². The molecule has 0 atom stereocenters. The molecule has 0 saturated heterocycles. The number of nitrogens with one attached hydrogen (secondary N) is 1. The highest BCUT2D eigenvalue weighted by Crippen LogP contribution is 2.09. The molecule has 0 fully saturated rings. The van der Waals surface area contributed by atoms with Gasteiger partial charge >= 0.3 is 0 Å². The molecule has 0 unspecified atom stereocenters. The van der Waals surface area contributed by atoms with E-state index >= 15 is 0 Å². The quantitative estimate of drug-likeness (QED) is 0.622. The van der Waals surface area contributed by atoms with E-state index in [1.54, 1.807) is 12.3 Å². The van der Waals surface area contributed by atoms with E-state index < -0.39 is 8.07 Å². The summed E-state index contributed by atoms with van der Waals surface area (Å²) in [6.07, 6.45) is 7.24. The van der Waals surface area contributed by atoms with Crippen molar-refractivity contribution in [1.82, 2.24) is 30.2 Å². The van der Waals surface area contributed by atoms with Crippen molar-refractivity contribution in [2.75, 3.05) is 6.61 Å². The van der Waals surface area contributed by atoms with E-state index in [-0.39, 0.29) is 0 Å². The number of nitrogens with zero attached hydrogens (tertiary/aromatic N) is 5. The third-order valence-corrected chi connectivity index (χ3v) is 4.42. The molecule has 0 aromatic carbocycles. The van der Waals surface area contributed by atoms with Gasteiger partial charge in [-0.05, 0) is 23.4 Å². The van der Waals surface area contributed by atoms with Gasteiger partial charge < -0.3 is 9.30 Å². The largest absolute Gasteiger partial charge is 0.361 e. The Morgan fingerprint density at radius 1 is 1.35 bits per heavy atom. The monoisotopic (exact) mass is 292 g/mol. The summed E-state index contributed by atoms with van der Waals surface area (Å²) in [6, 6.07) is 1.16. The second-order valence-electron chi connectivity index (χ2n) is 5.71. The summed E-state index contributed by atoms with van der Waals surface area (Å²) in [5.74, 6) is 1.34. The summed E-state index contributed by atoms with van der Waals surface area (Å²) in [7, 11) is -1.04. The van der Waals surface area contributed by atoms with Crippen LogP contribution in [0, 0.1) is 0 Å². The Balaban J connectivity index is 1.86. The molecule has 0 amide bonds. The van der Waals surface area contributed by atoms with Gasteiger partial charge in [0.1, 0.15) is 12.6 Å². The topological polar surface area (TPSA) is 81.5 Å². The first-order valence-electron chi connectivity index (χ1n) is 6.55. The number of aromatic nitrogens is 6. The van der Waals surface area contributed by atoms with Crippen molar-refractivity contribution in [1.29, 1.82) is 0 Å². The number of aromatic amines is 1. The van der Waals surface area contributed by atoms with Crippen LogP contribution in [-0.4, -0.2) is 44.9 Å². The molecule has 0 spiro atoms. The average molecular weight is 292 g/mol. The third-order valence-electron chi connectivity index (χ3n) is 2.72. The first kappa shape index (κ1) is 14.6. The lowest BCUT2D eigenvalue weighted by molar-refractivity contribution is 0.0867. The minimum atomic E-state index is -1.04. The Hall–Kier alpha value is -1.80. The first-order valence-corrected chi connectivity index (χ1v) is 10.3. The van der Waals surface area contributed by atoms with Crippen molar-refractivity contribution in [3.8, 4) is 0 Å². The average Bonchev–Trinajstić information content (AvgIpc) is 3.02. The maximum Gasteiger partial charge on any atom is 0.197 e. The van der Waals surface area contributed by atoms with Gasteiger partial charge in [-0.3, -0.25) is 0 Å². The van der Waals surface area contributed by atoms with Gasteiger partial charge in [0.05, 0.1) is 0 Å². The number of rotatable bonds is 7. The second kappa shape index (κ2) is 6.57.